The molecule has 0 spiro atoms. The lowest BCUT2D eigenvalue weighted by Gasteiger charge is -2.19. The van der Waals surface area contributed by atoms with Crippen LogP contribution >= 0.6 is 11.6 Å². The van der Waals surface area contributed by atoms with Crippen LogP contribution in [0.25, 0.3) is 11.0 Å². The first-order valence-corrected chi connectivity index (χ1v) is 8.04. The van der Waals surface area contributed by atoms with Crippen molar-refractivity contribution in [3.8, 4) is 0 Å². The number of imidazole rings is 1. The number of halogens is 1. The van der Waals surface area contributed by atoms with E-state index in [1.807, 2.05) is 12.1 Å². The van der Waals surface area contributed by atoms with Gasteiger partial charge in [-0.25, -0.2) is 4.98 Å². The average molecular weight is 290 g/mol. The van der Waals surface area contributed by atoms with E-state index in [9.17, 15) is 0 Å². The Labute approximate surface area is 124 Å². The van der Waals surface area contributed by atoms with Gasteiger partial charge in [0, 0.05) is 12.0 Å². The van der Waals surface area contributed by atoms with Gasteiger partial charge in [0.1, 0.15) is 5.82 Å². The minimum atomic E-state index is 0.518. The van der Waals surface area contributed by atoms with Gasteiger partial charge in [-0.15, -0.1) is 0 Å². The van der Waals surface area contributed by atoms with Crippen molar-refractivity contribution in [3.63, 3.8) is 0 Å². The summed E-state index contributed by atoms with van der Waals surface area (Å²) in [5, 5.41) is 0.829. The first kappa shape index (κ1) is 12.7. The third kappa shape index (κ3) is 1.87. The van der Waals surface area contributed by atoms with Crippen LogP contribution in [0.15, 0.2) is 18.2 Å². The molecule has 1 aromatic carbocycles. The molecule has 1 aromatic heterocycles. The zero-order valence-electron chi connectivity index (χ0n) is 11.6. The van der Waals surface area contributed by atoms with Gasteiger partial charge in [0.25, 0.3) is 0 Å². The fraction of sp³-hybridized carbons (Fsp3) is 0.562. The van der Waals surface area contributed by atoms with E-state index in [-0.39, 0.29) is 0 Å². The highest BCUT2D eigenvalue weighted by molar-refractivity contribution is 6.35. The van der Waals surface area contributed by atoms with E-state index in [1.54, 1.807) is 0 Å². The van der Waals surface area contributed by atoms with E-state index in [2.05, 4.69) is 10.6 Å². The Morgan fingerprint density at radius 2 is 2.10 bits per heavy atom. The van der Waals surface area contributed by atoms with E-state index in [4.69, 9.17) is 22.3 Å². The maximum atomic E-state index is 6.44. The lowest BCUT2D eigenvalue weighted by atomic mass is 9.95. The Balaban J connectivity index is 1.90. The minimum Gasteiger partial charge on any atom is -0.330 e. The van der Waals surface area contributed by atoms with Crippen LogP contribution in [0.4, 0.5) is 0 Å². The number of aromatic nitrogens is 2. The van der Waals surface area contributed by atoms with Crippen LogP contribution in [0.2, 0.25) is 5.02 Å². The predicted octanol–water partition coefficient (Wildman–Crippen LogP) is 3.87. The molecule has 4 heteroatoms. The van der Waals surface area contributed by atoms with Crippen LogP contribution < -0.4 is 5.73 Å². The Morgan fingerprint density at radius 3 is 2.85 bits per heavy atom. The topological polar surface area (TPSA) is 43.8 Å². The standard InChI is InChI=1S/C16H20ClN3/c17-13-5-2-6-14-15(13)20(11-7-8-11)16(19-14)12-4-1-3-10(12)9-18/h2,5-6,10-12H,1,3-4,7-9,18H2. The molecule has 0 bridgehead atoms. The average Bonchev–Trinajstić information content (AvgIpc) is 3.04. The molecule has 2 aliphatic rings. The first-order valence-electron chi connectivity index (χ1n) is 7.66. The van der Waals surface area contributed by atoms with Gasteiger partial charge in [0.05, 0.1) is 16.1 Å². The summed E-state index contributed by atoms with van der Waals surface area (Å²) in [4.78, 5) is 4.94. The van der Waals surface area contributed by atoms with E-state index in [1.165, 1.54) is 37.9 Å². The van der Waals surface area contributed by atoms with Crippen molar-refractivity contribution in [3.05, 3.63) is 29.0 Å². The van der Waals surface area contributed by atoms with Crippen LogP contribution in [0.1, 0.15) is 49.9 Å². The molecule has 0 aliphatic heterocycles. The lowest BCUT2D eigenvalue weighted by molar-refractivity contribution is 0.461. The Bertz CT molecular complexity index is 644. The number of nitrogens with zero attached hydrogens (tertiary/aromatic N) is 2. The third-order valence-electron chi connectivity index (χ3n) is 4.89. The molecule has 2 aromatic rings. The summed E-state index contributed by atoms with van der Waals surface area (Å²) in [6.45, 7) is 0.770. The molecule has 2 N–H and O–H groups in total. The van der Waals surface area contributed by atoms with Crippen molar-refractivity contribution in [1.29, 1.82) is 0 Å². The fourth-order valence-electron chi connectivity index (χ4n) is 3.75. The third-order valence-corrected chi connectivity index (χ3v) is 5.20. The molecular formula is C16H20ClN3. The van der Waals surface area contributed by atoms with Gasteiger partial charge in [-0.05, 0) is 50.3 Å². The van der Waals surface area contributed by atoms with Crippen molar-refractivity contribution in [2.45, 2.75) is 44.1 Å². The molecule has 0 amide bonds. The quantitative estimate of drug-likeness (QED) is 0.932. The van der Waals surface area contributed by atoms with E-state index in [0.717, 1.165) is 22.6 Å². The second-order valence-electron chi connectivity index (χ2n) is 6.21. The van der Waals surface area contributed by atoms with Crippen LogP contribution in [-0.2, 0) is 0 Å². The minimum absolute atomic E-state index is 0.518. The van der Waals surface area contributed by atoms with Gasteiger partial charge in [-0.3, -0.25) is 0 Å². The summed E-state index contributed by atoms with van der Waals surface area (Å²) < 4.78 is 2.43. The Hall–Kier alpha value is -1.06. The van der Waals surface area contributed by atoms with Gasteiger partial charge in [-0.2, -0.15) is 0 Å². The maximum absolute atomic E-state index is 6.44. The normalized spacial score (nSPS) is 26.5. The number of hydrogen-bond acceptors (Lipinski definition) is 2. The zero-order chi connectivity index (χ0) is 13.7. The highest BCUT2D eigenvalue weighted by atomic mass is 35.5. The number of fused-ring (bicyclic) bond motifs is 1. The summed E-state index contributed by atoms with van der Waals surface area (Å²) in [6.07, 6.45) is 6.24. The fourth-order valence-corrected chi connectivity index (χ4v) is 4.01. The van der Waals surface area contributed by atoms with Gasteiger partial charge >= 0.3 is 0 Å². The highest BCUT2D eigenvalue weighted by Crippen LogP contribution is 2.46. The highest BCUT2D eigenvalue weighted by Gasteiger charge is 2.36. The SMILES string of the molecule is NCC1CCCC1c1nc2cccc(Cl)c2n1C1CC1. The molecule has 2 aliphatic carbocycles. The Kier molecular flexibility index (Phi) is 3.00. The first-order chi connectivity index (χ1) is 9.79. The van der Waals surface area contributed by atoms with Gasteiger partial charge in [-0.1, -0.05) is 24.1 Å². The zero-order valence-corrected chi connectivity index (χ0v) is 12.3. The summed E-state index contributed by atoms with van der Waals surface area (Å²) in [5.74, 6) is 2.34. The molecule has 0 radical (unpaired) electrons. The summed E-state index contributed by atoms with van der Waals surface area (Å²) >= 11 is 6.44. The molecule has 4 rings (SSSR count). The van der Waals surface area contributed by atoms with E-state index in [0.29, 0.717) is 17.9 Å². The monoisotopic (exact) mass is 289 g/mol. The molecule has 2 fully saturated rings. The van der Waals surface area contributed by atoms with Gasteiger partial charge in [0.2, 0.25) is 0 Å². The van der Waals surface area contributed by atoms with Gasteiger partial charge < -0.3 is 10.3 Å². The van der Waals surface area contributed by atoms with Crippen molar-refractivity contribution < 1.29 is 0 Å². The van der Waals surface area contributed by atoms with Crippen molar-refractivity contribution in [2.24, 2.45) is 11.7 Å². The Morgan fingerprint density at radius 1 is 1.25 bits per heavy atom. The van der Waals surface area contributed by atoms with Crippen LogP contribution in [-0.4, -0.2) is 16.1 Å². The van der Waals surface area contributed by atoms with E-state index >= 15 is 0 Å². The second-order valence-corrected chi connectivity index (χ2v) is 6.62. The number of nitrogens with two attached hydrogens (primary N) is 1. The molecule has 20 heavy (non-hydrogen) atoms. The molecule has 2 saturated carbocycles. The predicted molar refractivity (Wildman–Crippen MR) is 82.2 cm³/mol. The number of hydrogen-bond donors (Lipinski definition) is 1. The number of para-hydroxylation sites is 1. The van der Waals surface area contributed by atoms with Crippen LogP contribution in [0, 0.1) is 5.92 Å². The smallest absolute Gasteiger partial charge is 0.113 e. The second kappa shape index (κ2) is 4.74. The maximum Gasteiger partial charge on any atom is 0.113 e. The molecule has 2 atom stereocenters. The largest absolute Gasteiger partial charge is 0.330 e. The summed E-state index contributed by atoms with van der Waals surface area (Å²) in [5.41, 5.74) is 8.14. The number of benzene rings is 1. The molecule has 2 unspecified atom stereocenters. The molecule has 106 valence electrons. The number of rotatable bonds is 3. The lowest BCUT2D eigenvalue weighted by Crippen LogP contribution is -2.20. The van der Waals surface area contributed by atoms with Crippen LogP contribution in [0.5, 0.6) is 0 Å². The summed E-state index contributed by atoms with van der Waals surface area (Å²) in [6, 6.07) is 6.65. The molecule has 0 saturated heterocycles. The summed E-state index contributed by atoms with van der Waals surface area (Å²) in [7, 11) is 0. The van der Waals surface area contributed by atoms with Crippen molar-refractivity contribution >= 4 is 22.6 Å². The van der Waals surface area contributed by atoms with Crippen LogP contribution in [0.3, 0.4) is 0 Å². The van der Waals surface area contributed by atoms with Gasteiger partial charge in [0.15, 0.2) is 0 Å². The molecule has 3 nitrogen and oxygen atoms in total. The molecular weight excluding hydrogens is 270 g/mol. The van der Waals surface area contributed by atoms with E-state index < -0.39 is 0 Å². The van der Waals surface area contributed by atoms with Crippen molar-refractivity contribution in [1.82, 2.24) is 9.55 Å². The molecule has 1 heterocycles. The van der Waals surface area contributed by atoms with Crippen molar-refractivity contribution in [2.75, 3.05) is 6.54 Å².